The molecule has 1 rings (SSSR count). The van der Waals surface area contributed by atoms with Gasteiger partial charge in [-0.05, 0) is 49.9 Å². The van der Waals surface area contributed by atoms with E-state index in [0.717, 1.165) is 12.2 Å². The molecule has 20 heavy (non-hydrogen) atoms. The van der Waals surface area contributed by atoms with Crippen molar-refractivity contribution in [3.8, 4) is 5.75 Å². The second kappa shape index (κ2) is 8.98. The summed E-state index contributed by atoms with van der Waals surface area (Å²) in [5, 5.41) is 0. The van der Waals surface area contributed by atoms with Crippen LogP contribution in [-0.2, 0) is 9.47 Å². The molecule has 1 aromatic carbocycles. The van der Waals surface area contributed by atoms with Crippen molar-refractivity contribution < 1.29 is 14.2 Å². The molecule has 0 unspecified atom stereocenters. The molecule has 0 atom stereocenters. The average molecular weight is 280 g/mol. The highest BCUT2D eigenvalue weighted by molar-refractivity contribution is 5.35. The molecule has 0 aliphatic heterocycles. The Morgan fingerprint density at radius 2 is 1.65 bits per heavy atom. The third-order valence-corrected chi connectivity index (χ3v) is 3.07. The van der Waals surface area contributed by atoms with E-state index < -0.39 is 0 Å². The summed E-state index contributed by atoms with van der Waals surface area (Å²) in [6.07, 6.45) is 0.575. The van der Waals surface area contributed by atoms with Gasteiger partial charge in [-0.25, -0.2) is 0 Å². The van der Waals surface area contributed by atoms with Crippen molar-refractivity contribution in [2.45, 2.75) is 53.2 Å². The summed E-state index contributed by atoms with van der Waals surface area (Å²) in [5.74, 6) is 1.44. The van der Waals surface area contributed by atoms with Crippen molar-refractivity contribution >= 4 is 0 Å². The topological polar surface area (TPSA) is 27.7 Å². The highest BCUT2D eigenvalue weighted by Crippen LogP contribution is 2.23. The Morgan fingerprint density at radius 1 is 1.00 bits per heavy atom. The molecule has 0 heterocycles. The van der Waals surface area contributed by atoms with Crippen LogP contribution in [-0.4, -0.2) is 26.1 Å². The lowest BCUT2D eigenvalue weighted by Crippen LogP contribution is -2.20. The minimum atomic E-state index is -0.167. The predicted octanol–water partition coefficient (Wildman–Crippen LogP) is 4.29. The van der Waals surface area contributed by atoms with Gasteiger partial charge in [0.25, 0.3) is 0 Å². The molecule has 114 valence electrons. The first-order valence-corrected chi connectivity index (χ1v) is 7.54. The molecule has 0 bridgehead atoms. The Morgan fingerprint density at radius 3 is 2.20 bits per heavy atom. The van der Waals surface area contributed by atoms with Crippen molar-refractivity contribution in [3.63, 3.8) is 0 Å². The molecule has 0 fully saturated rings. The Labute approximate surface area is 123 Å². The summed E-state index contributed by atoms with van der Waals surface area (Å²) in [6.45, 7) is 12.4. The Hall–Kier alpha value is -1.06. The van der Waals surface area contributed by atoms with Crippen molar-refractivity contribution in [1.82, 2.24) is 0 Å². The zero-order valence-electron chi connectivity index (χ0n) is 13.4. The molecule has 0 aromatic heterocycles. The maximum Gasteiger partial charge on any atom is 0.160 e. The standard InChI is InChI=1S/C17H28O3/c1-6-18-17(19-7-2)8-9-20-16-11-14(5)10-15(12-16)13(3)4/h10-13,17H,6-9H2,1-5H3. The van der Waals surface area contributed by atoms with E-state index in [1.165, 1.54) is 11.1 Å². The predicted molar refractivity (Wildman–Crippen MR) is 82.4 cm³/mol. The molecule has 1 aromatic rings. The summed E-state index contributed by atoms with van der Waals surface area (Å²) < 4.78 is 16.8. The van der Waals surface area contributed by atoms with E-state index in [9.17, 15) is 0 Å². The zero-order valence-corrected chi connectivity index (χ0v) is 13.4. The van der Waals surface area contributed by atoms with Gasteiger partial charge in [-0.3, -0.25) is 0 Å². The van der Waals surface area contributed by atoms with E-state index >= 15 is 0 Å². The summed E-state index contributed by atoms with van der Waals surface area (Å²) in [5.41, 5.74) is 2.54. The number of benzene rings is 1. The van der Waals surface area contributed by atoms with Gasteiger partial charge in [0.05, 0.1) is 6.61 Å². The van der Waals surface area contributed by atoms with Crippen LogP contribution in [0.5, 0.6) is 5.75 Å². The van der Waals surface area contributed by atoms with E-state index in [2.05, 4.69) is 39.0 Å². The molecule has 3 nitrogen and oxygen atoms in total. The van der Waals surface area contributed by atoms with Crippen molar-refractivity contribution in [2.24, 2.45) is 0 Å². The number of rotatable bonds is 9. The van der Waals surface area contributed by atoms with Gasteiger partial charge in [0.2, 0.25) is 0 Å². The van der Waals surface area contributed by atoms with Gasteiger partial charge >= 0.3 is 0 Å². The van der Waals surface area contributed by atoms with Gasteiger partial charge in [-0.2, -0.15) is 0 Å². The van der Waals surface area contributed by atoms with Crippen LogP contribution in [0.15, 0.2) is 18.2 Å². The molecule has 0 amide bonds. The van der Waals surface area contributed by atoms with Crippen LogP contribution in [0.4, 0.5) is 0 Å². The first-order valence-electron chi connectivity index (χ1n) is 7.54. The number of hydrogen-bond donors (Lipinski definition) is 0. The second-order valence-electron chi connectivity index (χ2n) is 5.21. The van der Waals surface area contributed by atoms with E-state index in [0.29, 0.717) is 25.7 Å². The first-order chi connectivity index (χ1) is 9.56. The summed E-state index contributed by atoms with van der Waals surface area (Å²) >= 11 is 0. The van der Waals surface area contributed by atoms with E-state index in [1.54, 1.807) is 0 Å². The lowest BCUT2D eigenvalue weighted by atomic mass is 10.0. The van der Waals surface area contributed by atoms with Gasteiger partial charge in [0.1, 0.15) is 5.75 Å². The summed E-state index contributed by atoms with van der Waals surface area (Å²) in [6, 6.07) is 6.40. The van der Waals surface area contributed by atoms with Crippen LogP contribution in [0, 0.1) is 6.92 Å². The summed E-state index contributed by atoms with van der Waals surface area (Å²) in [4.78, 5) is 0. The van der Waals surface area contributed by atoms with Gasteiger partial charge < -0.3 is 14.2 Å². The Bertz CT molecular complexity index is 382. The fourth-order valence-electron chi connectivity index (χ4n) is 2.05. The number of hydrogen-bond acceptors (Lipinski definition) is 3. The van der Waals surface area contributed by atoms with Crippen molar-refractivity contribution in [3.05, 3.63) is 29.3 Å². The maximum atomic E-state index is 5.84. The average Bonchev–Trinajstić information content (AvgIpc) is 2.38. The van der Waals surface area contributed by atoms with Crippen molar-refractivity contribution in [2.75, 3.05) is 19.8 Å². The van der Waals surface area contributed by atoms with Crippen LogP contribution < -0.4 is 4.74 Å². The fraction of sp³-hybridized carbons (Fsp3) is 0.647. The highest BCUT2D eigenvalue weighted by Gasteiger charge is 2.09. The maximum absolute atomic E-state index is 5.84. The summed E-state index contributed by atoms with van der Waals surface area (Å²) in [7, 11) is 0. The number of ether oxygens (including phenoxy) is 3. The molecule has 0 aliphatic carbocycles. The molecule has 0 saturated heterocycles. The molecular formula is C17H28O3. The normalized spacial score (nSPS) is 11.3. The van der Waals surface area contributed by atoms with Crippen LogP contribution in [0.25, 0.3) is 0 Å². The van der Waals surface area contributed by atoms with E-state index in [4.69, 9.17) is 14.2 Å². The lowest BCUT2D eigenvalue weighted by Gasteiger charge is -2.17. The zero-order chi connectivity index (χ0) is 15.0. The van der Waals surface area contributed by atoms with Crippen LogP contribution in [0.3, 0.4) is 0 Å². The third kappa shape index (κ3) is 5.93. The lowest BCUT2D eigenvalue weighted by molar-refractivity contribution is -0.142. The van der Waals surface area contributed by atoms with Crippen LogP contribution in [0.2, 0.25) is 0 Å². The number of aryl methyl sites for hydroxylation is 1. The van der Waals surface area contributed by atoms with Crippen LogP contribution in [0.1, 0.15) is 51.2 Å². The third-order valence-electron chi connectivity index (χ3n) is 3.07. The largest absolute Gasteiger partial charge is 0.493 e. The molecule has 3 heteroatoms. The van der Waals surface area contributed by atoms with Crippen molar-refractivity contribution in [1.29, 1.82) is 0 Å². The molecule has 0 radical (unpaired) electrons. The molecule has 0 saturated carbocycles. The van der Waals surface area contributed by atoms with Gasteiger partial charge in [0.15, 0.2) is 6.29 Å². The van der Waals surface area contributed by atoms with E-state index in [1.807, 2.05) is 13.8 Å². The van der Waals surface area contributed by atoms with Crippen LogP contribution >= 0.6 is 0 Å². The quantitative estimate of drug-likeness (QED) is 0.632. The minimum absolute atomic E-state index is 0.167. The van der Waals surface area contributed by atoms with Gasteiger partial charge in [-0.1, -0.05) is 19.9 Å². The highest BCUT2D eigenvalue weighted by atomic mass is 16.7. The van der Waals surface area contributed by atoms with Gasteiger partial charge in [-0.15, -0.1) is 0 Å². The Balaban J connectivity index is 2.52. The minimum Gasteiger partial charge on any atom is -0.493 e. The molecule has 0 aliphatic rings. The Kier molecular flexibility index (Phi) is 7.63. The molecule has 0 N–H and O–H groups in total. The monoisotopic (exact) mass is 280 g/mol. The van der Waals surface area contributed by atoms with Gasteiger partial charge in [0, 0.05) is 19.6 Å². The fourth-order valence-corrected chi connectivity index (χ4v) is 2.05. The smallest absolute Gasteiger partial charge is 0.160 e. The SMILES string of the molecule is CCOC(CCOc1cc(C)cc(C(C)C)c1)OCC. The second-order valence-corrected chi connectivity index (χ2v) is 5.21. The van der Waals surface area contributed by atoms with E-state index in [-0.39, 0.29) is 6.29 Å². The molecular weight excluding hydrogens is 252 g/mol. The molecule has 0 spiro atoms. The first kappa shape index (κ1) is 17.0.